The third-order valence-corrected chi connectivity index (χ3v) is 3.52. The third kappa shape index (κ3) is 5.53. The number of carbonyl (C=O) groups is 1. The highest BCUT2D eigenvalue weighted by Gasteiger charge is 2.21. The van der Waals surface area contributed by atoms with E-state index in [0.717, 1.165) is 19.6 Å². The molecule has 0 aliphatic carbocycles. The van der Waals surface area contributed by atoms with Gasteiger partial charge < -0.3 is 10.2 Å². The summed E-state index contributed by atoms with van der Waals surface area (Å²) in [4.78, 5) is 14.1. The predicted octanol–water partition coefficient (Wildman–Crippen LogP) is 2.56. The number of unbranched alkanes of at least 4 members (excludes halogenated alkanes) is 3. The molecule has 1 amide bonds. The maximum Gasteiger partial charge on any atom is 0.239 e. The Morgan fingerprint density at radius 1 is 1.18 bits per heavy atom. The van der Waals surface area contributed by atoms with Crippen LogP contribution in [-0.2, 0) is 4.79 Å². The number of rotatable bonds is 7. The minimum Gasteiger partial charge on any atom is -0.341 e. The normalized spacial score (nSPS) is 18.1. The van der Waals surface area contributed by atoms with Crippen LogP contribution in [0.2, 0.25) is 0 Å². The molecule has 1 aliphatic rings. The Hall–Kier alpha value is -0.570. The van der Waals surface area contributed by atoms with Gasteiger partial charge in [0.1, 0.15) is 0 Å². The third-order valence-electron chi connectivity index (χ3n) is 3.52. The number of hydrogen-bond acceptors (Lipinski definition) is 2. The fourth-order valence-corrected chi connectivity index (χ4v) is 2.35. The Balaban J connectivity index is 2.12. The van der Waals surface area contributed by atoms with Gasteiger partial charge in [-0.1, -0.05) is 26.2 Å². The summed E-state index contributed by atoms with van der Waals surface area (Å²) in [6, 6.07) is -0.00488. The fourth-order valence-electron chi connectivity index (χ4n) is 2.35. The van der Waals surface area contributed by atoms with E-state index in [9.17, 15) is 4.79 Å². The van der Waals surface area contributed by atoms with Crippen LogP contribution in [-0.4, -0.2) is 36.5 Å². The molecule has 0 saturated carbocycles. The fraction of sp³-hybridized carbons (Fsp3) is 0.929. The zero-order valence-electron chi connectivity index (χ0n) is 11.5. The Kier molecular flexibility index (Phi) is 7.25. The molecule has 100 valence electrons. The van der Waals surface area contributed by atoms with Crippen LogP contribution in [0.4, 0.5) is 0 Å². The second kappa shape index (κ2) is 8.51. The summed E-state index contributed by atoms with van der Waals surface area (Å²) in [5.41, 5.74) is 0. The molecular weight excluding hydrogens is 212 g/mol. The number of likely N-dealkylation sites (tertiary alicyclic amines) is 1. The quantitative estimate of drug-likeness (QED) is 0.694. The van der Waals surface area contributed by atoms with Crippen molar-refractivity contribution in [2.75, 3.05) is 19.6 Å². The van der Waals surface area contributed by atoms with Crippen LogP contribution < -0.4 is 5.32 Å². The van der Waals surface area contributed by atoms with Gasteiger partial charge in [0.2, 0.25) is 5.91 Å². The van der Waals surface area contributed by atoms with Crippen molar-refractivity contribution in [1.82, 2.24) is 10.2 Å². The van der Waals surface area contributed by atoms with Crippen LogP contribution in [0.3, 0.4) is 0 Å². The number of amides is 1. The SMILES string of the molecule is CCCCCCN[C@@H](C)C(=O)N1CCCCC1. The number of carbonyl (C=O) groups excluding carboxylic acids is 1. The lowest BCUT2D eigenvalue weighted by atomic mass is 10.1. The van der Waals surface area contributed by atoms with Crippen LogP contribution in [0, 0.1) is 0 Å². The monoisotopic (exact) mass is 240 g/mol. The highest BCUT2D eigenvalue weighted by atomic mass is 16.2. The number of nitrogens with zero attached hydrogens (tertiary/aromatic N) is 1. The van der Waals surface area contributed by atoms with Gasteiger partial charge in [-0.3, -0.25) is 4.79 Å². The van der Waals surface area contributed by atoms with E-state index in [2.05, 4.69) is 12.2 Å². The van der Waals surface area contributed by atoms with E-state index in [1.54, 1.807) is 0 Å². The zero-order chi connectivity index (χ0) is 12.5. The predicted molar refractivity (Wildman–Crippen MR) is 72.0 cm³/mol. The summed E-state index contributed by atoms with van der Waals surface area (Å²) < 4.78 is 0. The second-order valence-corrected chi connectivity index (χ2v) is 5.12. The molecule has 1 atom stereocenters. The van der Waals surface area contributed by atoms with E-state index in [1.807, 2.05) is 11.8 Å². The maximum atomic E-state index is 12.1. The van der Waals surface area contributed by atoms with Crippen LogP contribution in [0.1, 0.15) is 58.8 Å². The molecule has 0 unspecified atom stereocenters. The van der Waals surface area contributed by atoms with Crippen LogP contribution >= 0.6 is 0 Å². The van der Waals surface area contributed by atoms with Crippen molar-refractivity contribution in [2.24, 2.45) is 0 Å². The largest absolute Gasteiger partial charge is 0.341 e. The van der Waals surface area contributed by atoms with Gasteiger partial charge in [-0.25, -0.2) is 0 Å². The molecule has 0 spiro atoms. The van der Waals surface area contributed by atoms with Crippen molar-refractivity contribution in [3.63, 3.8) is 0 Å². The van der Waals surface area contributed by atoms with Crippen molar-refractivity contribution in [1.29, 1.82) is 0 Å². The van der Waals surface area contributed by atoms with Gasteiger partial charge in [-0.2, -0.15) is 0 Å². The van der Waals surface area contributed by atoms with E-state index in [4.69, 9.17) is 0 Å². The van der Waals surface area contributed by atoms with Crippen LogP contribution in [0.15, 0.2) is 0 Å². The summed E-state index contributed by atoms with van der Waals surface area (Å²) in [7, 11) is 0. The highest BCUT2D eigenvalue weighted by Crippen LogP contribution is 2.10. The summed E-state index contributed by atoms with van der Waals surface area (Å²) in [6.45, 7) is 7.11. The molecule has 1 rings (SSSR count). The van der Waals surface area contributed by atoms with Gasteiger partial charge in [0.25, 0.3) is 0 Å². The molecule has 0 radical (unpaired) electrons. The maximum absolute atomic E-state index is 12.1. The molecule has 1 N–H and O–H groups in total. The molecule has 0 aromatic rings. The van der Waals surface area contributed by atoms with Crippen molar-refractivity contribution in [3.05, 3.63) is 0 Å². The van der Waals surface area contributed by atoms with Crippen molar-refractivity contribution in [2.45, 2.75) is 64.8 Å². The van der Waals surface area contributed by atoms with Gasteiger partial charge in [-0.05, 0) is 39.2 Å². The first-order chi connectivity index (χ1) is 8.25. The molecule has 3 nitrogen and oxygen atoms in total. The average molecular weight is 240 g/mol. The standard InChI is InChI=1S/C14H28N2O/c1-3-4-5-7-10-15-13(2)14(17)16-11-8-6-9-12-16/h13,15H,3-12H2,1-2H3/t13-/m0/s1. The van der Waals surface area contributed by atoms with E-state index in [1.165, 1.54) is 44.9 Å². The first kappa shape index (κ1) is 14.5. The van der Waals surface area contributed by atoms with Gasteiger partial charge in [-0.15, -0.1) is 0 Å². The Labute approximate surface area is 106 Å². The topological polar surface area (TPSA) is 32.3 Å². The molecule has 0 aromatic carbocycles. The lowest BCUT2D eigenvalue weighted by Crippen LogP contribution is -2.47. The zero-order valence-corrected chi connectivity index (χ0v) is 11.5. The van der Waals surface area contributed by atoms with Crippen LogP contribution in [0.5, 0.6) is 0 Å². The van der Waals surface area contributed by atoms with Crippen molar-refractivity contribution < 1.29 is 4.79 Å². The second-order valence-electron chi connectivity index (χ2n) is 5.12. The lowest BCUT2D eigenvalue weighted by Gasteiger charge is -2.29. The summed E-state index contributed by atoms with van der Waals surface area (Å²) in [6.07, 6.45) is 8.66. The molecule has 0 bridgehead atoms. The van der Waals surface area contributed by atoms with Gasteiger partial charge in [0.05, 0.1) is 6.04 Å². The Morgan fingerprint density at radius 3 is 2.53 bits per heavy atom. The molecule has 1 aliphatic heterocycles. The van der Waals surface area contributed by atoms with E-state index < -0.39 is 0 Å². The van der Waals surface area contributed by atoms with Crippen LogP contribution in [0.25, 0.3) is 0 Å². The van der Waals surface area contributed by atoms with Gasteiger partial charge >= 0.3 is 0 Å². The molecular formula is C14H28N2O. The molecule has 3 heteroatoms. The van der Waals surface area contributed by atoms with E-state index in [0.29, 0.717) is 5.91 Å². The number of piperidine rings is 1. The molecule has 1 heterocycles. The lowest BCUT2D eigenvalue weighted by molar-refractivity contribution is -0.133. The smallest absolute Gasteiger partial charge is 0.239 e. The van der Waals surface area contributed by atoms with Gasteiger partial charge in [0.15, 0.2) is 0 Å². The van der Waals surface area contributed by atoms with Crippen molar-refractivity contribution >= 4 is 5.91 Å². The van der Waals surface area contributed by atoms with Gasteiger partial charge in [0, 0.05) is 13.1 Å². The number of nitrogens with one attached hydrogen (secondary N) is 1. The molecule has 0 aromatic heterocycles. The summed E-state index contributed by atoms with van der Waals surface area (Å²) in [5, 5.41) is 3.35. The highest BCUT2D eigenvalue weighted by molar-refractivity contribution is 5.81. The molecule has 17 heavy (non-hydrogen) atoms. The summed E-state index contributed by atoms with van der Waals surface area (Å²) in [5.74, 6) is 0.292. The molecule has 1 fully saturated rings. The minimum atomic E-state index is -0.00488. The number of hydrogen-bond donors (Lipinski definition) is 1. The average Bonchev–Trinajstić information content (AvgIpc) is 2.38. The minimum absolute atomic E-state index is 0.00488. The van der Waals surface area contributed by atoms with E-state index >= 15 is 0 Å². The first-order valence-electron chi connectivity index (χ1n) is 7.28. The van der Waals surface area contributed by atoms with E-state index in [-0.39, 0.29) is 6.04 Å². The molecule has 1 saturated heterocycles. The van der Waals surface area contributed by atoms with Crippen molar-refractivity contribution in [3.8, 4) is 0 Å². The Morgan fingerprint density at radius 2 is 1.88 bits per heavy atom. The Bertz CT molecular complexity index is 212. The summed E-state index contributed by atoms with van der Waals surface area (Å²) >= 11 is 0. The first-order valence-corrected chi connectivity index (χ1v) is 7.28.